The first-order valence-corrected chi connectivity index (χ1v) is 7.37. The van der Waals surface area contributed by atoms with Gasteiger partial charge in [0.05, 0.1) is 20.2 Å². The quantitative estimate of drug-likeness (QED) is 0.655. The average molecular weight is 381 g/mol. The molecule has 19 heavy (non-hydrogen) atoms. The van der Waals surface area contributed by atoms with Crippen molar-refractivity contribution in [1.82, 2.24) is 15.0 Å². The van der Waals surface area contributed by atoms with Gasteiger partial charge in [-0.3, -0.25) is 0 Å². The normalized spacial score (nSPS) is 11.1. The molecule has 0 unspecified atom stereocenters. The Balaban J connectivity index is 2.63. The molecule has 0 atom stereocenters. The zero-order valence-corrected chi connectivity index (χ0v) is 13.9. The van der Waals surface area contributed by atoms with Crippen molar-refractivity contribution in [2.75, 3.05) is 0 Å². The largest absolute Gasteiger partial charge is 0.250 e. The van der Waals surface area contributed by atoms with Gasteiger partial charge < -0.3 is 0 Å². The highest BCUT2D eigenvalue weighted by molar-refractivity contribution is 9.10. The van der Waals surface area contributed by atoms with Crippen LogP contribution in [0.3, 0.4) is 0 Å². The van der Waals surface area contributed by atoms with Crippen LogP contribution in [0.25, 0.3) is 11.5 Å². The molecule has 100 valence electrons. The van der Waals surface area contributed by atoms with E-state index in [2.05, 4.69) is 30.9 Å². The summed E-state index contributed by atoms with van der Waals surface area (Å²) in [7, 11) is 0. The molecule has 0 saturated carbocycles. The zero-order chi connectivity index (χ0) is 14.2. The van der Waals surface area contributed by atoms with Crippen LogP contribution in [0.1, 0.15) is 25.5 Å². The van der Waals surface area contributed by atoms with E-state index in [0.29, 0.717) is 31.2 Å². The van der Waals surface area contributed by atoms with Crippen LogP contribution < -0.4 is 0 Å². The standard InChI is InChI=1S/C12H9BrCl3N3/c1-5(2)9-8(13)11(16)19-12(18-9)10-7(15)3-6(14)4-17-10/h3-5H,1-2H3. The molecule has 0 spiro atoms. The van der Waals surface area contributed by atoms with Crippen LogP contribution in [0.5, 0.6) is 0 Å². The lowest BCUT2D eigenvalue weighted by atomic mass is 10.1. The van der Waals surface area contributed by atoms with E-state index >= 15 is 0 Å². The Labute approximate surface area is 134 Å². The minimum absolute atomic E-state index is 0.194. The van der Waals surface area contributed by atoms with Crippen LogP contribution in [0, 0.1) is 0 Å². The van der Waals surface area contributed by atoms with E-state index < -0.39 is 0 Å². The van der Waals surface area contributed by atoms with Gasteiger partial charge in [-0.2, -0.15) is 0 Å². The molecule has 0 aliphatic heterocycles. The number of aromatic nitrogens is 3. The van der Waals surface area contributed by atoms with E-state index in [9.17, 15) is 0 Å². The highest BCUT2D eigenvalue weighted by Gasteiger charge is 2.17. The maximum atomic E-state index is 6.11. The van der Waals surface area contributed by atoms with Crippen LogP contribution in [-0.4, -0.2) is 15.0 Å². The Morgan fingerprint density at radius 2 is 1.84 bits per heavy atom. The molecule has 0 fully saturated rings. The summed E-state index contributed by atoms with van der Waals surface area (Å²) in [4.78, 5) is 12.8. The summed E-state index contributed by atoms with van der Waals surface area (Å²) >= 11 is 21.4. The zero-order valence-electron chi connectivity index (χ0n) is 10.1. The molecular weight excluding hydrogens is 372 g/mol. The van der Waals surface area contributed by atoms with Crippen molar-refractivity contribution in [3.63, 3.8) is 0 Å². The van der Waals surface area contributed by atoms with Gasteiger partial charge in [-0.15, -0.1) is 0 Å². The lowest BCUT2D eigenvalue weighted by molar-refractivity contribution is 0.808. The second-order valence-electron chi connectivity index (χ2n) is 4.18. The summed E-state index contributed by atoms with van der Waals surface area (Å²) in [6.07, 6.45) is 1.50. The summed E-state index contributed by atoms with van der Waals surface area (Å²) < 4.78 is 0.693. The third kappa shape index (κ3) is 3.19. The highest BCUT2D eigenvalue weighted by atomic mass is 79.9. The lowest BCUT2D eigenvalue weighted by Gasteiger charge is -2.11. The topological polar surface area (TPSA) is 38.7 Å². The van der Waals surface area contributed by atoms with E-state index in [1.165, 1.54) is 6.20 Å². The summed E-state index contributed by atoms with van der Waals surface area (Å²) in [6, 6.07) is 1.60. The first-order chi connectivity index (χ1) is 8.90. The van der Waals surface area contributed by atoms with E-state index in [1.807, 2.05) is 13.8 Å². The molecule has 2 rings (SSSR count). The molecule has 0 bridgehead atoms. The predicted molar refractivity (Wildman–Crippen MR) is 82.1 cm³/mol. The smallest absolute Gasteiger partial charge is 0.181 e. The van der Waals surface area contributed by atoms with Crippen molar-refractivity contribution >= 4 is 50.7 Å². The van der Waals surface area contributed by atoms with Gasteiger partial charge in [-0.05, 0) is 27.9 Å². The van der Waals surface area contributed by atoms with Crippen molar-refractivity contribution in [2.24, 2.45) is 0 Å². The van der Waals surface area contributed by atoms with Gasteiger partial charge in [0.25, 0.3) is 0 Å². The number of pyridine rings is 1. The Morgan fingerprint density at radius 1 is 1.16 bits per heavy atom. The van der Waals surface area contributed by atoms with Gasteiger partial charge >= 0.3 is 0 Å². The third-order valence-corrected chi connectivity index (χ3v) is 4.18. The van der Waals surface area contributed by atoms with Crippen molar-refractivity contribution in [3.8, 4) is 11.5 Å². The first-order valence-electron chi connectivity index (χ1n) is 5.44. The minimum atomic E-state index is 0.194. The number of hydrogen-bond acceptors (Lipinski definition) is 3. The number of hydrogen-bond donors (Lipinski definition) is 0. The second kappa shape index (κ2) is 5.92. The molecule has 7 heteroatoms. The van der Waals surface area contributed by atoms with E-state index in [4.69, 9.17) is 34.8 Å². The molecular formula is C12H9BrCl3N3. The molecule has 0 aliphatic carbocycles. The van der Waals surface area contributed by atoms with Gasteiger partial charge in [0, 0.05) is 6.20 Å². The van der Waals surface area contributed by atoms with Crippen molar-refractivity contribution in [2.45, 2.75) is 19.8 Å². The predicted octanol–water partition coefficient (Wildman–Crippen LogP) is 5.38. The number of rotatable bonds is 2. The Hall–Kier alpha value is -0.420. The monoisotopic (exact) mass is 379 g/mol. The Morgan fingerprint density at radius 3 is 2.42 bits per heavy atom. The molecule has 0 radical (unpaired) electrons. The maximum absolute atomic E-state index is 6.11. The summed E-state index contributed by atoms with van der Waals surface area (Å²) in [5.41, 5.74) is 1.27. The van der Waals surface area contributed by atoms with Crippen LogP contribution >= 0.6 is 50.7 Å². The number of nitrogens with zero attached hydrogens (tertiary/aromatic N) is 3. The van der Waals surface area contributed by atoms with Gasteiger partial charge in [-0.25, -0.2) is 15.0 Å². The van der Waals surface area contributed by atoms with Gasteiger partial charge in [0.1, 0.15) is 10.8 Å². The molecule has 0 saturated heterocycles. The summed E-state index contributed by atoms with van der Waals surface area (Å²) in [6.45, 7) is 4.04. The summed E-state index contributed by atoms with van der Waals surface area (Å²) in [5.74, 6) is 0.582. The maximum Gasteiger partial charge on any atom is 0.181 e. The lowest BCUT2D eigenvalue weighted by Crippen LogP contribution is -2.01. The van der Waals surface area contributed by atoms with Gasteiger partial charge in [0.2, 0.25) is 0 Å². The van der Waals surface area contributed by atoms with Gasteiger partial charge in [-0.1, -0.05) is 48.7 Å². The van der Waals surface area contributed by atoms with Crippen LogP contribution in [-0.2, 0) is 0 Å². The molecule has 0 N–H and O–H groups in total. The fourth-order valence-electron chi connectivity index (χ4n) is 1.50. The molecule has 0 aliphatic rings. The molecule has 2 aromatic rings. The van der Waals surface area contributed by atoms with E-state index in [1.54, 1.807) is 6.07 Å². The fraction of sp³-hybridized carbons (Fsp3) is 0.250. The molecule has 2 aromatic heterocycles. The van der Waals surface area contributed by atoms with Crippen LogP contribution in [0.15, 0.2) is 16.7 Å². The SMILES string of the molecule is CC(C)c1nc(-c2ncc(Cl)cc2Cl)nc(Cl)c1Br. The fourth-order valence-corrected chi connectivity index (χ4v) is 2.78. The third-order valence-electron chi connectivity index (χ3n) is 2.40. The van der Waals surface area contributed by atoms with Crippen LogP contribution in [0.4, 0.5) is 0 Å². The summed E-state index contributed by atoms with van der Waals surface area (Å²) in [5, 5.41) is 1.18. The van der Waals surface area contributed by atoms with Crippen molar-refractivity contribution < 1.29 is 0 Å². The highest BCUT2D eigenvalue weighted by Crippen LogP contribution is 2.32. The second-order valence-corrected chi connectivity index (χ2v) is 6.17. The minimum Gasteiger partial charge on any atom is -0.250 e. The van der Waals surface area contributed by atoms with Gasteiger partial charge in [0.15, 0.2) is 5.82 Å². The first kappa shape index (κ1) is 15.0. The average Bonchev–Trinajstić information content (AvgIpc) is 2.32. The van der Waals surface area contributed by atoms with E-state index in [0.717, 1.165) is 5.69 Å². The molecule has 0 aromatic carbocycles. The van der Waals surface area contributed by atoms with Crippen LogP contribution in [0.2, 0.25) is 15.2 Å². The van der Waals surface area contributed by atoms with Crippen molar-refractivity contribution in [1.29, 1.82) is 0 Å². The number of halogens is 4. The molecule has 0 amide bonds. The van der Waals surface area contributed by atoms with Crippen molar-refractivity contribution in [3.05, 3.63) is 37.6 Å². The van der Waals surface area contributed by atoms with E-state index in [-0.39, 0.29) is 5.92 Å². The molecule has 3 nitrogen and oxygen atoms in total. The Kier molecular flexibility index (Phi) is 4.66. The Bertz CT molecular complexity index is 632. The molecule has 2 heterocycles.